The lowest BCUT2D eigenvalue weighted by Gasteiger charge is -2.17. The van der Waals surface area contributed by atoms with Crippen molar-refractivity contribution >= 4 is 0 Å². The van der Waals surface area contributed by atoms with E-state index >= 15 is 0 Å². The molecule has 2 rings (SSSR count). The van der Waals surface area contributed by atoms with E-state index in [0.29, 0.717) is 6.61 Å². The van der Waals surface area contributed by atoms with Crippen LogP contribution in [0.2, 0.25) is 0 Å². The molecule has 0 aromatic heterocycles. The van der Waals surface area contributed by atoms with Crippen LogP contribution < -0.4 is 16.0 Å². The number of hydrazine groups is 1. The Hall–Kier alpha value is -1.84. The number of nitrogens with two attached hydrogens (primary N) is 1. The van der Waals surface area contributed by atoms with Gasteiger partial charge in [0.05, 0.1) is 12.6 Å². The maximum Gasteiger partial charge on any atom is 0.119 e. The molecule has 106 valence electrons. The summed E-state index contributed by atoms with van der Waals surface area (Å²) in [5.74, 6) is 6.61. The normalized spacial score (nSPS) is 12.2. The lowest BCUT2D eigenvalue weighted by Crippen LogP contribution is -2.28. The largest absolute Gasteiger partial charge is 0.494 e. The van der Waals surface area contributed by atoms with Crippen LogP contribution in [0.3, 0.4) is 0 Å². The summed E-state index contributed by atoms with van der Waals surface area (Å²) < 4.78 is 5.46. The van der Waals surface area contributed by atoms with Crippen molar-refractivity contribution in [1.29, 1.82) is 0 Å². The number of ether oxygens (including phenoxy) is 1. The molecule has 20 heavy (non-hydrogen) atoms. The van der Waals surface area contributed by atoms with Gasteiger partial charge in [0.25, 0.3) is 0 Å². The summed E-state index contributed by atoms with van der Waals surface area (Å²) in [7, 11) is 0. The molecule has 2 aromatic rings. The summed E-state index contributed by atoms with van der Waals surface area (Å²) in [5.41, 5.74) is 6.50. The lowest BCUT2D eigenvalue weighted by atomic mass is 9.98. The van der Waals surface area contributed by atoms with Gasteiger partial charge in [-0.3, -0.25) is 5.84 Å². The zero-order valence-electron chi connectivity index (χ0n) is 12.1. The summed E-state index contributed by atoms with van der Waals surface area (Å²) in [5, 5.41) is 0. The molecule has 2 aromatic carbocycles. The van der Waals surface area contributed by atoms with Crippen LogP contribution in [-0.2, 0) is 6.42 Å². The van der Waals surface area contributed by atoms with E-state index < -0.39 is 0 Å². The second kappa shape index (κ2) is 7.08. The van der Waals surface area contributed by atoms with E-state index in [0.717, 1.165) is 23.3 Å². The molecular weight excluding hydrogens is 248 g/mol. The molecule has 0 amide bonds. The van der Waals surface area contributed by atoms with Crippen molar-refractivity contribution in [2.24, 2.45) is 5.84 Å². The molecule has 0 spiro atoms. The van der Waals surface area contributed by atoms with E-state index in [-0.39, 0.29) is 6.04 Å². The van der Waals surface area contributed by atoms with Gasteiger partial charge in [-0.2, -0.15) is 0 Å². The Kier molecular flexibility index (Phi) is 5.16. The highest BCUT2D eigenvalue weighted by molar-refractivity contribution is 5.36. The second-order valence-corrected chi connectivity index (χ2v) is 4.70. The number of benzene rings is 2. The van der Waals surface area contributed by atoms with Crippen molar-refractivity contribution < 1.29 is 4.74 Å². The third-order valence-corrected chi connectivity index (χ3v) is 3.41. The van der Waals surface area contributed by atoms with E-state index in [4.69, 9.17) is 10.6 Å². The molecule has 0 aliphatic heterocycles. The number of rotatable bonds is 6. The van der Waals surface area contributed by atoms with E-state index in [1.807, 2.05) is 31.2 Å². The quantitative estimate of drug-likeness (QED) is 0.626. The molecule has 0 saturated carbocycles. The van der Waals surface area contributed by atoms with Gasteiger partial charge in [-0.1, -0.05) is 43.3 Å². The van der Waals surface area contributed by atoms with Crippen LogP contribution in [0, 0.1) is 0 Å². The van der Waals surface area contributed by atoms with Crippen LogP contribution in [0.1, 0.15) is 36.6 Å². The first-order valence-electron chi connectivity index (χ1n) is 7.06. The molecule has 3 N–H and O–H groups in total. The Labute approximate surface area is 120 Å². The lowest BCUT2D eigenvalue weighted by molar-refractivity contribution is 0.340. The van der Waals surface area contributed by atoms with Crippen molar-refractivity contribution in [3.8, 4) is 5.75 Å². The number of hydrogen-bond acceptors (Lipinski definition) is 3. The molecule has 3 heteroatoms. The molecule has 0 aliphatic carbocycles. The van der Waals surface area contributed by atoms with Crippen LogP contribution in [0.25, 0.3) is 0 Å². The minimum atomic E-state index is -0.00316. The van der Waals surface area contributed by atoms with Crippen molar-refractivity contribution in [3.05, 3.63) is 65.2 Å². The number of nitrogens with one attached hydrogen (secondary N) is 1. The summed E-state index contributed by atoms with van der Waals surface area (Å²) in [6.07, 6.45) is 1.05. The predicted molar refractivity (Wildman–Crippen MR) is 82.6 cm³/mol. The molecule has 1 atom stereocenters. The first kappa shape index (κ1) is 14.6. The first-order valence-corrected chi connectivity index (χ1v) is 7.06. The van der Waals surface area contributed by atoms with Crippen LogP contribution >= 0.6 is 0 Å². The zero-order chi connectivity index (χ0) is 14.4. The van der Waals surface area contributed by atoms with E-state index in [1.165, 1.54) is 5.56 Å². The molecule has 0 saturated heterocycles. The molecule has 1 unspecified atom stereocenters. The monoisotopic (exact) mass is 270 g/mol. The third kappa shape index (κ3) is 3.38. The predicted octanol–water partition coefficient (Wildman–Crippen LogP) is 3.20. The van der Waals surface area contributed by atoms with Crippen molar-refractivity contribution in [1.82, 2.24) is 5.43 Å². The van der Waals surface area contributed by atoms with E-state index in [1.54, 1.807) is 0 Å². The summed E-state index contributed by atoms with van der Waals surface area (Å²) in [6, 6.07) is 16.6. The molecule has 0 aliphatic rings. The van der Waals surface area contributed by atoms with Gasteiger partial charge in [-0.25, -0.2) is 5.43 Å². The Morgan fingerprint density at radius 2 is 1.50 bits per heavy atom. The molecule has 0 bridgehead atoms. The summed E-state index contributed by atoms with van der Waals surface area (Å²) in [4.78, 5) is 0. The van der Waals surface area contributed by atoms with Gasteiger partial charge >= 0.3 is 0 Å². The Bertz CT molecular complexity index is 520. The maximum absolute atomic E-state index is 5.72. The highest BCUT2D eigenvalue weighted by atomic mass is 16.5. The van der Waals surface area contributed by atoms with Gasteiger partial charge in [0.2, 0.25) is 0 Å². The summed E-state index contributed by atoms with van der Waals surface area (Å²) in [6.45, 7) is 4.81. The molecule has 0 fully saturated rings. The third-order valence-electron chi connectivity index (χ3n) is 3.41. The molecular formula is C17H22N2O. The van der Waals surface area contributed by atoms with E-state index in [2.05, 4.69) is 36.6 Å². The van der Waals surface area contributed by atoms with Crippen molar-refractivity contribution in [3.63, 3.8) is 0 Å². The standard InChI is InChI=1S/C17H22N2O/c1-3-13-5-7-14(8-6-13)17(19-18)15-9-11-16(12-10-15)20-4-2/h5-12,17,19H,3-4,18H2,1-2H3. The molecule has 0 heterocycles. The van der Waals surface area contributed by atoms with Gasteiger partial charge in [0.1, 0.15) is 5.75 Å². The van der Waals surface area contributed by atoms with E-state index in [9.17, 15) is 0 Å². The second-order valence-electron chi connectivity index (χ2n) is 4.70. The van der Waals surface area contributed by atoms with Gasteiger partial charge in [-0.05, 0) is 42.2 Å². The fourth-order valence-corrected chi connectivity index (χ4v) is 2.25. The van der Waals surface area contributed by atoms with Crippen molar-refractivity contribution in [2.45, 2.75) is 26.3 Å². The van der Waals surface area contributed by atoms with Crippen LogP contribution in [0.4, 0.5) is 0 Å². The number of hydrogen-bond donors (Lipinski definition) is 2. The Morgan fingerprint density at radius 3 is 1.95 bits per heavy atom. The first-order chi connectivity index (χ1) is 9.78. The SMILES string of the molecule is CCOc1ccc(C(NN)c2ccc(CC)cc2)cc1. The topological polar surface area (TPSA) is 47.3 Å². The minimum absolute atomic E-state index is 0.00316. The molecule has 0 radical (unpaired) electrons. The van der Waals surface area contributed by atoms with Gasteiger partial charge in [0.15, 0.2) is 0 Å². The van der Waals surface area contributed by atoms with Gasteiger partial charge in [-0.15, -0.1) is 0 Å². The zero-order valence-corrected chi connectivity index (χ0v) is 12.1. The Morgan fingerprint density at radius 1 is 0.950 bits per heavy atom. The fourth-order valence-electron chi connectivity index (χ4n) is 2.25. The van der Waals surface area contributed by atoms with Gasteiger partial charge in [0, 0.05) is 0 Å². The smallest absolute Gasteiger partial charge is 0.119 e. The van der Waals surface area contributed by atoms with Crippen LogP contribution in [0.5, 0.6) is 5.75 Å². The highest BCUT2D eigenvalue weighted by Crippen LogP contribution is 2.24. The minimum Gasteiger partial charge on any atom is -0.494 e. The maximum atomic E-state index is 5.72. The van der Waals surface area contributed by atoms with Gasteiger partial charge < -0.3 is 4.74 Å². The molecule has 3 nitrogen and oxygen atoms in total. The Balaban J connectivity index is 2.21. The van der Waals surface area contributed by atoms with Crippen LogP contribution in [0.15, 0.2) is 48.5 Å². The van der Waals surface area contributed by atoms with Crippen molar-refractivity contribution in [2.75, 3.05) is 6.61 Å². The highest BCUT2D eigenvalue weighted by Gasteiger charge is 2.12. The fraction of sp³-hybridized carbons (Fsp3) is 0.294. The summed E-state index contributed by atoms with van der Waals surface area (Å²) >= 11 is 0. The average molecular weight is 270 g/mol. The van der Waals surface area contributed by atoms with Crippen LogP contribution in [-0.4, -0.2) is 6.61 Å². The average Bonchev–Trinajstić information content (AvgIpc) is 2.51. The number of aryl methyl sites for hydroxylation is 1.